The van der Waals surface area contributed by atoms with E-state index in [-0.39, 0.29) is 28.5 Å². The highest BCUT2D eigenvalue weighted by atomic mass is 35.5. The van der Waals surface area contributed by atoms with Gasteiger partial charge in [0.05, 0.1) is 32.4 Å². The van der Waals surface area contributed by atoms with E-state index in [1.807, 2.05) is 18.4 Å². The summed E-state index contributed by atoms with van der Waals surface area (Å²) in [6.45, 7) is 8.32. The van der Waals surface area contributed by atoms with Crippen LogP contribution >= 0.6 is 58.2 Å². The molecular weight excluding hydrogens is 576 g/mol. The third-order valence-electron chi connectivity index (χ3n) is 5.09. The van der Waals surface area contributed by atoms with Crippen molar-refractivity contribution in [3.8, 4) is 0 Å². The molecule has 1 atom stereocenters. The monoisotopic (exact) mass is 599 g/mol. The number of aromatic nitrogens is 3. The number of hydrogen-bond acceptors (Lipinski definition) is 5. The Morgan fingerprint density at radius 3 is 2.46 bits per heavy atom. The van der Waals surface area contributed by atoms with Crippen molar-refractivity contribution in [2.75, 3.05) is 11.1 Å². The molecule has 3 rings (SSSR count). The number of nitrogens with one attached hydrogen (secondary N) is 2. The van der Waals surface area contributed by atoms with Crippen molar-refractivity contribution in [1.82, 2.24) is 20.1 Å². The molecule has 12 heteroatoms. The first-order valence-corrected chi connectivity index (χ1v) is 13.8. The molecule has 3 aromatic rings. The Labute approximate surface area is 239 Å². The summed E-state index contributed by atoms with van der Waals surface area (Å²) in [6, 6.07) is 9.11. The number of halogens is 4. The predicted octanol–water partition coefficient (Wildman–Crippen LogP) is 7.33. The lowest BCUT2D eigenvalue weighted by Gasteiger charge is -2.21. The topological polar surface area (TPSA) is 88.9 Å². The van der Waals surface area contributed by atoms with E-state index in [2.05, 4.69) is 27.4 Å². The first-order chi connectivity index (χ1) is 17.6. The number of amides is 2. The van der Waals surface area contributed by atoms with Gasteiger partial charge in [-0.3, -0.25) is 9.59 Å². The summed E-state index contributed by atoms with van der Waals surface area (Å²) in [5, 5.41) is 16.4. The summed E-state index contributed by atoms with van der Waals surface area (Å²) < 4.78 is 1.83. The molecule has 0 radical (unpaired) electrons. The lowest BCUT2D eigenvalue weighted by molar-refractivity contribution is -0.113. The minimum absolute atomic E-state index is 0.0805. The molecule has 7 nitrogen and oxygen atoms in total. The maximum Gasteiger partial charge on any atom is 0.253 e. The number of carbonyl (C=O) groups is 2. The number of hydrogen-bond donors (Lipinski definition) is 2. The molecule has 1 aromatic heterocycles. The lowest BCUT2D eigenvalue weighted by atomic mass is 10.0. The maximum atomic E-state index is 13.1. The Balaban J connectivity index is 1.78. The van der Waals surface area contributed by atoms with Gasteiger partial charge in [0.2, 0.25) is 5.91 Å². The third kappa shape index (κ3) is 8.12. The van der Waals surface area contributed by atoms with Crippen molar-refractivity contribution < 1.29 is 9.59 Å². The summed E-state index contributed by atoms with van der Waals surface area (Å²) >= 11 is 25.4. The predicted molar refractivity (Wildman–Crippen MR) is 152 cm³/mol. The fraction of sp³-hybridized carbons (Fsp3) is 0.280. The second-order valence-corrected chi connectivity index (χ2v) is 11.1. The molecule has 2 aromatic carbocycles. The number of nitrogens with zero attached hydrogens (tertiary/aromatic N) is 3. The molecule has 2 N–H and O–H groups in total. The van der Waals surface area contributed by atoms with Gasteiger partial charge in [-0.2, -0.15) is 0 Å². The van der Waals surface area contributed by atoms with Crippen LogP contribution in [0.3, 0.4) is 0 Å². The molecule has 0 spiro atoms. The van der Waals surface area contributed by atoms with E-state index in [1.54, 1.807) is 36.4 Å². The van der Waals surface area contributed by atoms with Crippen LogP contribution in [0.1, 0.15) is 42.5 Å². The van der Waals surface area contributed by atoms with E-state index in [0.29, 0.717) is 50.3 Å². The van der Waals surface area contributed by atoms with Crippen LogP contribution in [-0.2, 0) is 11.3 Å². The smallest absolute Gasteiger partial charge is 0.253 e. The molecule has 0 aliphatic heterocycles. The van der Waals surface area contributed by atoms with Gasteiger partial charge in [0, 0.05) is 17.3 Å². The van der Waals surface area contributed by atoms with Crippen LogP contribution in [-0.4, -0.2) is 32.3 Å². The molecule has 0 aliphatic carbocycles. The van der Waals surface area contributed by atoms with Gasteiger partial charge in [-0.15, -0.1) is 16.8 Å². The van der Waals surface area contributed by atoms with Gasteiger partial charge in [0.25, 0.3) is 5.91 Å². The van der Waals surface area contributed by atoms with Crippen molar-refractivity contribution in [3.05, 3.63) is 80.5 Å². The zero-order chi connectivity index (χ0) is 27.1. The average Bonchev–Trinajstić information content (AvgIpc) is 3.22. The summed E-state index contributed by atoms with van der Waals surface area (Å²) in [7, 11) is 0. The van der Waals surface area contributed by atoms with E-state index in [9.17, 15) is 9.59 Å². The number of carbonyl (C=O) groups excluding carboxylic acids is 2. The Kier molecular flexibility index (Phi) is 10.7. The quantitative estimate of drug-likeness (QED) is 0.178. The first kappa shape index (κ1) is 29.3. The summed E-state index contributed by atoms with van der Waals surface area (Å²) in [4.78, 5) is 25.6. The van der Waals surface area contributed by atoms with Crippen LogP contribution in [0, 0.1) is 5.92 Å². The second kappa shape index (κ2) is 13.5. The Morgan fingerprint density at radius 2 is 1.81 bits per heavy atom. The fourth-order valence-corrected chi connectivity index (χ4v) is 5.02. The van der Waals surface area contributed by atoms with E-state index in [0.717, 1.165) is 0 Å². The van der Waals surface area contributed by atoms with E-state index in [4.69, 9.17) is 46.4 Å². The van der Waals surface area contributed by atoms with Crippen LogP contribution in [0.5, 0.6) is 0 Å². The molecule has 1 heterocycles. The van der Waals surface area contributed by atoms with Gasteiger partial charge in [-0.1, -0.05) is 78.1 Å². The molecule has 196 valence electrons. The van der Waals surface area contributed by atoms with Crippen molar-refractivity contribution in [2.24, 2.45) is 5.92 Å². The van der Waals surface area contributed by atoms with Crippen molar-refractivity contribution in [3.63, 3.8) is 0 Å². The van der Waals surface area contributed by atoms with Crippen LogP contribution < -0.4 is 10.6 Å². The first-order valence-electron chi connectivity index (χ1n) is 11.3. The minimum Gasteiger partial charge on any atom is -0.342 e. The molecule has 0 saturated heterocycles. The van der Waals surface area contributed by atoms with Gasteiger partial charge in [0.1, 0.15) is 0 Å². The summed E-state index contributed by atoms with van der Waals surface area (Å²) in [5.74, 6) is 0.280. The van der Waals surface area contributed by atoms with Crippen LogP contribution in [0.2, 0.25) is 20.1 Å². The number of anilines is 1. The molecule has 0 bridgehead atoms. The van der Waals surface area contributed by atoms with Gasteiger partial charge in [-0.05, 0) is 48.7 Å². The van der Waals surface area contributed by atoms with Gasteiger partial charge >= 0.3 is 0 Å². The number of allylic oxidation sites excluding steroid dienone is 1. The molecule has 0 fully saturated rings. The van der Waals surface area contributed by atoms with Crippen LogP contribution in [0.25, 0.3) is 0 Å². The SMILES string of the molecule is C=CCn1c(SCC(=O)Nc2ccc(Cl)c(Cl)c2)nnc1[C@@H](CC(C)C)NC(=O)c1ccc(Cl)cc1Cl. The number of rotatable bonds is 11. The number of thioether (sulfide) groups is 1. The molecule has 0 saturated carbocycles. The Bertz CT molecular complexity index is 1300. The highest BCUT2D eigenvalue weighted by molar-refractivity contribution is 7.99. The van der Waals surface area contributed by atoms with E-state index in [1.165, 1.54) is 17.8 Å². The summed E-state index contributed by atoms with van der Waals surface area (Å²) in [6.07, 6.45) is 2.31. The Morgan fingerprint density at radius 1 is 1.05 bits per heavy atom. The van der Waals surface area contributed by atoms with E-state index < -0.39 is 6.04 Å². The number of benzene rings is 2. The van der Waals surface area contributed by atoms with Crippen LogP contribution in [0.15, 0.2) is 54.2 Å². The van der Waals surface area contributed by atoms with E-state index >= 15 is 0 Å². The zero-order valence-corrected chi connectivity index (χ0v) is 23.9. The summed E-state index contributed by atoms with van der Waals surface area (Å²) in [5.41, 5.74) is 0.844. The molecule has 0 aliphatic rings. The fourth-order valence-electron chi connectivity index (χ4n) is 3.48. The largest absolute Gasteiger partial charge is 0.342 e. The third-order valence-corrected chi connectivity index (χ3v) is 7.35. The van der Waals surface area contributed by atoms with Crippen LogP contribution in [0.4, 0.5) is 5.69 Å². The minimum atomic E-state index is -0.453. The molecular formula is C25H25Cl4N5O2S. The zero-order valence-electron chi connectivity index (χ0n) is 20.1. The molecule has 2 amide bonds. The Hall–Kier alpha value is -2.23. The molecule has 0 unspecified atom stereocenters. The normalized spacial score (nSPS) is 11.9. The van der Waals surface area contributed by atoms with Gasteiger partial charge < -0.3 is 15.2 Å². The van der Waals surface area contributed by atoms with Crippen molar-refractivity contribution in [1.29, 1.82) is 0 Å². The van der Waals surface area contributed by atoms with Crippen molar-refractivity contribution >= 4 is 75.7 Å². The highest BCUT2D eigenvalue weighted by Gasteiger charge is 2.25. The van der Waals surface area contributed by atoms with Gasteiger partial charge in [-0.25, -0.2) is 0 Å². The van der Waals surface area contributed by atoms with Gasteiger partial charge in [0.15, 0.2) is 11.0 Å². The highest BCUT2D eigenvalue weighted by Crippen LogP contribution is 2.28. The lowest BCUT2D eigenvalue weighted by Crippen LogP contribution is -2.32. The molecule has 37 heavy (non-hydrogen) atoms. The maximum absolute atomic E-state index is 13.1. The second-order valence-electron chi connectivity index (χ2n) is 8.49. The average molecular weight is 601 g/mol. The van der Waals surface area contributed by atoms with Crippen molar-refractivity contribution in [2.45, 2.75) is 38.0 Å². The standard InChI is InChI=1S/C25H25Cl4N5O2S/c1-4-9-34-23(21(10-14(2)3)31-24(36)17-7-5-15(26)11-19(17)28)32-33-25(34)37-13-22(35)30-16-6-8-18(27)20(29)12-16/h4-8,11-12,14,21H,1,9-10,13H2,2-3H3,(H,30,35)(H,31,36)/t21-/m1/s1.